The zero-order chi connectivity index (χ0) is 8.27. The molecule has 1 rings (SSSR count). The third kappa shape index (κ3) is 1.93. The van der Waals surface area contributed by atoms with Crippen LogP contribution in [0.5, 0.6) is 0 Å². The lowest BCUT2D eigenvalue weighted by atomic mass is 10.4. The highest BCUT2D eigenvalue weighted by Crippen LogP contribution is 1.93. The zero-order valence-electron chi connectivity index (χ0n) is 5.97. The summed E-state index contributed by atoms with van der Waals surface area (Å²) in [5.74, 6) is -0.280. The number of amides is 1. The largest absolute Gasteiger partial charge is 0.327 e. The molecule has 11 heavy (non-hydrogen) atoms. The Kier molecular flexibility index (Phi) is 2.06. The highest BCUT2D eigenvalue weighted by molar-refractivity contribution is 5.88. The van der Waals surface area contributed by atoms with Gasteiger partial charge in [-0.15, -0.1) is 0 Å². The molecule has 0 aliphatic heterocycles. The summed E-state index contributed by atoms with van der Waals surface area (Å²) in [6, 6.07) is 4.11. The van der Waals surface area contributed by atoms with E-state index in [-0.39, 0.29) is 17.2 Å². The lowest BCUT2D eigenvalue weighted by Gasteiger charge is -1.96. The topological polar surface area (TPSA) is 62.0 Å². The van der Waals surface area contributed by atoms with Crippen molar-refractivity contribution in [3.8, 4) is 0 Å². The molecule has 0 aliphatic carbocycles. The van der Waals surface area contributed by atoms with E-state index >= 15 is 0 Å². The summed E-state index contributed by atoms with van der Waals surface area (Å²) in [7, 11) is 0. The molecule has 0 saturated heterocycles. The quantitative estimate of drug-likeness (QED) is 0.599. The van der Waals surface area contributed by atoms with Crippen LogP contribution >= 0.6 is 0 Å². The number of carbonyl (C=O) groups excluding carboxylic acids is 1. The Morgan fingerprint density at radius 1 is 1.73 bits per heavy atom. The van der Waals surface area contributed by atoms with Gasteiger partial charge in [0.15, 0.2) is 0 Å². The maximum Gasteiger partial charge on any atom is 0.272 e. The number of aromatic amines is 1. The molecule has 2 N–H and O–H groups in total. The highest BCUT2D eigenvalue weighted by atomic mass is 16.2. The summed E-state index contributed by atoms with van der Waals surface area (Å²) in [6.45, 7) is 1.33. The van der Waals surface area contributed by atoms with Crippen LogP contribution in [-0.2, 0) is 4.79 Å². The Balaban J connectivity index is 2.95. The molecule has 1 aromatic heterocycles. The van der Waals surface area contributed by atoms with E-state index in [1.807, 2.05) is 0 Å². The maximum absolute atomic E-state index is 10.9. The Hall–Kier alpha value is -1.58. The van der Waals surface area contributed by atoms with Gasteiger partial charge in [0.25, 0.3) is 5.56 Å². The second-order valence-corrected chi connectivity index (χ2v) is 2.01. The van der Waals surface area contributed by atoms with Crippen LogP contribution in [0.25, 0.3) is 0 Å². The van der Waals surface area contributed by atoms with E-state index in [9.17, 15) is 9.59 Å². The number of carbonyl (C=O) groups is 1. The minimum absolute atomic E-state index is 0.153. The first-order valence-electron chi connectivity index (χ1n) is 3.07. The van der Waals surface area contributed by atoms with Gasteiger partial charge in [-0.2, -0.15) is 0 Å². The van der Waals surface area contributed by atoms with Crippen LogP contribution in [0.15, 0.2) is 17.1 Å². The number of hydrogen-bond acceptors (Lipinski definition) is 2. The number of nitrogens with one attached hydrogen (secondary N) is 2. The van der Waals surface area contributed by atoms with Gasteiger partial charge in [0.1, 0.15) is 5.69 Å². The van der Waals surface area contributed by atoms with E-state index in [4.69, 9.17) is 0 Å². The molecule has 4 heteroatoms. The Morgan fingerprint density at radius 2 is 2.45 bits per heavy atom. The second-order valence-electron chi connectivity index (χ2n) is 2.01. The van der Waals surface area contributed by atoms with Gasteiger partial charge in [-0.3, -0.25) is 9.59 Å². The molecular weight excluding hydrogens is 144 g/mol. The van der Waals surface area contributed by atoms with Gasteiger partial charge in [0, 0.05) is 19.2 Å². The van der Waals surface area contributed by atoms with Crippen molar-refractivity contribution in [3.63, 3.8) is 0 Å². The Bertz CT molecular complexity index is 316. The van der Waals surface area contributed by atoms with E-state index in [1.54, 1.807) is 0 Å². The first kappa shape index (κ1) is 7.53. The van der Waals surface area contributed by atoms with Crippen molar-refractivity contribution >= 4 is 11.6 Å². The van der Waals surface area contributed by atoms with Crippen molar-refractivity contribution in [2.75, 3.05) is 5.32 Å². The first-order valence-corrected chi connectivity index (χ1v) is 3.07. The number of pyridine rings is 1. The summed E-state index contributed by atoms with van der Waals surface area (Å²) in [5.41, 5.74) is -0.192. The normalized spacial score (nSPS) is 9.18. The van der Waals surface area contributed by atoms with Crippen LogP contribution in [0.1, 0.15) is 6.92 Å². The predicted octanol–water partition coefficient (Wildman–Crippen LogP) is 0.133. The SMILES string of the molecule is CC(=O)Nc1[c]cc[nH]c1=O. The van der Waals surface area contributed by atoms with Gasteiger partial charge in [-0.25, -0.2) is 0 Å². The molecule has 4 nitrogen and oxygen atoms in total. The zero-order valence-corrected chi connectivity index (χ0v) is 5.97. The fourth-order valence-electron chi connectivity index (χ4n) is 0.649. The molecule has 57 valence electrons. The number of hydrogen-bond donors (Lipinski definition) is 2. The molecule has 1 aromatic rings. The minimum Gasteiger partial charge on any atom is -0.327 e. The van der Waals surface area contributed by atoms with Crippen molar-refractivity contribution in [2.45, 2.75) is 6.92 Å². The highest BCUT2D eigenvalue weighted by Gasteiger charge is 1.97. The molecule has 0 atom stereocenters. The molecule has 0 saturated carbocycles. The maximum atomic E-state index is 10.9. The molecule has 0 unspecified atom stereocenters. The van der Waals surface area contributed by atoms with E-state index < -0.39 is 0 Å². The smallest absolute Gasteiger partial charge is 0.272 e. The van der Waals surface area contributed by atoms with E-state index in [0.29, 0.717) is 0 Å². The number of H-pyrrole nitrogens is 1. The number of aromatic nitrogens is 1. The lowest BCUT2D eigenvalue weighted by molar-refractivity contribution is -0.114. The van der Waals surface area contributed by atoms with Crippen LogP contribution < -0.4 is 10.9 Å². The Morgan fingerprint density at radius 3 is 3.00 bits per heavy atom. The minimum atomic E-state index is -0.345. The molecule has 0 spiro atoms. The summed E-state index contributed by atoms with van der Waals surface area (Å²) < 4.78 is 0. The molecule has 0 aliphatic rings. The number of anilines is 1. The van der Waals surface area contributed by atoms with Crippen molar-refractivity contribution in [1.82, 2.24) is 4.98 Å². The Labute approximate surface area is 63.3 Å². The summed E-state index contributed by atoms with van der Waals surface area (Å²) >= 11 is 0. The average molecular weight is 151 g/mol. The van der Waals surface area contributed by atoms with E-state index in [2.05, 4.69) is 16.4 Å². The van der Waals surface area contributed by atoms with Gasteiger partial charge >= 0.3 is 0 Å². The van der Waals surface area contributed by atoms with Crippen molar-refractivity contribution in [1.29, 1.82) is 0 Å². The summed E-state index contributed by atoms with van der Waals surface area (Å²) in [6.07, 6.45) is 1.45. The first-order chi connectivity index (χ1) is 5.20. The van der Waals surface area contributed by atoms with Crippen LogP contribution in [0.2, 0.25) is 0 Å². The van der Waals surface area contributed by atoms with E-state index in [0.717, 1.165) is 0 Å². The van der Waals surface area contributed by atoms with Gasteiger partial charge in [-0.05, 0) is 6.07 Å². The third-order valence-electron chi connectivity index (χ3n) is 1.05. The molecule has 1 heterocycles. The van der Waals surface area contributed by atoms with Crippen LogP contribution in [-0.4, -0.2) is 10.9 Å². The average Bonchev–Trinajstić information content (AvgIpc) is 1.93. The van der Waals surface area contributed by atoms with Crippen LogP contribution in [0.3, 0.4) is 0 Å². The van der Waals surface area contributed by atoms with Gasteiger partial charge in [0.2, 0.25) is 5.91 Å². The fourth-order valence-corrected chi connectivity index (χ4v) is 0.649. The molecule has 1 amide bonds. The second kappa shape index (κ2) is 3.01. The lowest BCUT2D eigenvalue weighted by Crippen LogP contribution is -2.16. The van der Waals surface area contributed by atoms with Gasteiger partial charge in [-0.1, -0.05) is 0 Å². The van der Waals surface area contributed by atoms with E-state index in [1.165, 1.54) is 19.2 Å². The van der Waals surface area contributed by atoms with Crippen molar-refractivity contribution < 1.29 is 4.79 Å². The molecular formula is C7H7N2O2. The van der Waals surface area contributed by atoms with Crippen LogP contribution in [0.4, 0.5) is 5.69 Å². The predicted molar refractivity (Wildman–Crippen MR) is 40.2 cm³/mol. The number of rotatable bonds is 1. The standard InChI is InChI=1S/C7H7N2O2/c1-5(10)9-6-3-2-4-8-7(6)11/h2,4H,1H3,(H,8,11)(H,9,10). The molecule has 0 aromatic carbocycles. The van der Waals surface area contributed by atoms with Gasteiger partial charge < -0.3 is 10.3 Å². The van der Waals surface area contributed by atoms with Crippen LogP contribution in [0, 0.1) is 6.07 Å². The summed E-state index contributed by atoms with van der Waals surface area (Å²) in [4.78, 5) is 23.7. The van der Waals surface area contributed by atoms with Crippen molar-refractivity contribution in [3.05, 3.63) is 28.7 Å². The molecule has 0 bridgehead atoms. The fraction of sp³-hybridized carbons (Fsp3) is 0.143. The molecule has 1 radical (unpaired) electrons. The van der Waals surface area contributed by atoms with Gasteiger partial charge in [0.05, 0.1) is 0 Å². The molecule has 0 fully saturated rings. The third-order valence-corrected chi connectivity index (χ3v) is 1.05. The summed E-state index contributed by atoms with van der Waals surface area (Å²) in [5, 5.41) is 2.33. The monoisotopic (exact) mass is 151 g/mol. The van der Waals surface area contributed by atoms with Crippen molar-refractivity contribution in [2.24, 2.45) is 0 Å².